The first-order chi connectivity index (χ1) is 25.7. The Bertz CT molecular complexity index is 2450. The van der Waals surface area contributed by atoms with Gasteiger partial charge in [0, 0.05) is 23.5 Å². The minimum absolute atomic E-state index is 0.470. The maximum Gasteiger partial charge on any atom is 0.494 e. The molecule has 1 saturated heterocycles. The van der Waals surface area contributed by atoms with Crippen molar-refractivity contribution in [3.63, 3.8) is 0 Å². The average molecular weight is 690 g/mol. The van der Waals surface area contributed by atoms with E-state index in [4.69, 9.17) is 19.0 Å². The highest BCUT2D eigenvalue weighted by molar-refractivity contribution is 6.62. The molecule has 5 heterocycles. The lowest BCUT2D eigenvalue weighted by atomic mass is 9.64. The first-order valence-electron chi connectivity index (χ1n) is 18.1. The van der Waals surface area contributed by atoms with Crippen LogP contribution in [-0.2, 0) is 14.7 Å². The Labute approximate surface area is 309 Å². The number of fused-ring (bicyclic) bond motifs is 9. The van der Waals surface area contributed by atoms with Crippen LogP contribution in [-0.4, -0.2) is 33.3 Å². The zero-order chi connectivity index (χ0) is 36.0. The molecule has 6 nitrogen and oxygen atoms in total. The third kappa shape index (κ3) is 4.77. The van der Waals surface area contributed by atoms with Crippen LogP contribution in [0.2, 0.25) is 0 Å². The largest absolute Gasteiger partial charge is 0.494 e. The van der Waals surface area contributed by atoms with E-state index in [0.717, 1.165) is 62.0 Å². The van der Waals surface area contributed by atoms with E-state index < -0.39 is 23.7 Å². The molecule has 3 aliphatic rings. The zero-order valence-corrected chi connectivity index (χ0v) is 30.0. The second-order valence-corrected chi connectivity index (χ2v) is 15.1. The lowest BCUT2D eigenvalue weighted by molar-refractivity contribution is 0.00578. The van der Waals surface area contributed by atoms with Gasteiger partial charge in [-0.3, -0.25) is 9.97 Å². The van der Waals surface area contributed by atoms with Gasteiger partial charge in [-0.15, -0.1) is 0 Å². The van der Waals surface area contributed by atoms with E-state index >= 15 is 0 Å². The number of nitrogens with zero attached hydrogens (tertiary/aromatic N) is 3. The van der Waals surface area contributed by atoms with Gasteiger partial charge in [-0.05, 0) is 121 Å². The Balaban J connectivity index is 1.22. The minimum Gasteiger partial charge on any atom is -0.457 e. The van der Waals surface area contributed by atoms with Crippen LogP contribution in [0.4, 0.5) is 0 Å². The Morgan fingerprint density at radius 3 is 1.57 bits per heavy atom. The number of rotatable bonds is 4. The normalized spacial score (nSPS) is 16.7. The van der Waals surface area contributed by atoms with Gasteiger partial charge in [0.25, 0.3) is 0 Å². The lowest BCUT2D eigenvalue weighted by Crippen LogP contribution is -2.41. The van der Waals surface area contributed by atoms with Crippen LogP contribution in [0.5, 0.6) is 11.5 Å². The number of pyridine rings is 3. The summed E-state index contributed by atoms with van der Waals surface area (Å²) in [6.45, 7) is 8.37. The Morgan fingerprint density at radius 1 is 0.472 bits per heavy atom. The van der Waals surface area contributed by atoms with Crippen molar-refractivity contribution in [1.29, 1.82) is 0 Å². The highest BCUT2D eigenvalue weighted by atomic mass is 16.7. The summed E-state index contributed by atoms with van der Waals surface area (Å²) in [5.74, 6) is 1.64. The van der Waals surface area contributed by atoms with Crippen molar-refractivity contribution in [3.05, 3.63) is 168 Å². The molecule has 256 valence electrons. The molecular weight excluding hydrogens is 653 g/mol. The molecule has 1 fully saturated rings. The molecule has 10 rings (SSSR count). The van der Waals surface area contributed by atoms with Crippen molar-refractivity contribution in [2.75, 3.05) is 0 Å². The fraction of sp³-hybridized carbons (Fsp3) is 0.152. The van der Waals surface area contributed by atoms with Gasteiger partial charge in [-0.25, -0.2) is 4.98 Å². The second-order valence-electron chi connectivity index (χ2n) is 15.1. The topological polar surface area (TPSA) is 66.4 Å². The van der Waals surface area contributed by atoms with Crippen molar-refractivity contribution in [3.8, 4) is 56.5 Å². The molecule has 0 atom stereocenters. The van der Waals surface area contributed by atoms with E-state index in [9.17, 15) is 0 Å². The number of aromatic nitrogens is 3. The van der Waals surface area contributed by atoms with Crippen LogP contribution in [0.15, 0.2) is 146 Å². The molecule has 0 amide bonds. The third-order valence-electron chi connectivity index (χ3n) is 11.5. The van der Waals surface area contributed by atoms with Gasteiger partial charge in [0.05, 0.1) is 39.4 Å². The van der Waals surface area contributed by atoms with Crippen LogP contribution in [0.1, 0.15) is 49.9 Å². The van der Waals surface area contributed by atoms with Crippen LogP contribution < -0.4 is 10.2 Å². The number of ether oxygens (including phenoxy) is 1. The standard InChI is InChI=1S/C46H36BN3O3/c1-44(2)45(3,4)53-47(52-44)31-20-22-43-37(28-31)46(34-15-7-5-13-32(34)33-14-6-8-16-35(33)46)36-25-29(19-21-42(36)51-43)30-26-40(38-17-9-11-23-48-38)50-41(27-30)39-18-10-12-24-49-39/h5-28H,1-4H3. The van der Waals surface area contributed by atoms with Gasteiger partial charge >= 0.3 is 7.12 Å². The quantitative estimate of drug-likeness (QED) is 0.172. The number of benzene rings is 4. The maximum atomic E-state index is 6.86. The highest BCUT2D eigenvalue weighted by Gasteiger charge is 2.54. The molecule has 2 aliphatic heterocycles. The summed E-state index contributed by atoms with van der Waals surface area (Å²) < 4.78 is 20.0. The predicted octanol–water partition coefficient (Wildman–Crippen LogP) is 9.64. The van der Waals surface area contributed by atoms with Crippen molar-refractivity contribution >= 4 is 12.6 Å². The van der Waals surface area contributed by atoms with Crippen LogP contribution in [0, 0.1) is 0 Å². The summed E-state index contributed by atoms with van der Waals surface area (Å²) in [7, 11) is -0.520. The van der Waals surface area contributed by atoms with E-state index in [1.165, 1.54) is 22.3 Å². The first-order valence-corrected chi connectivity index (χ1v) is 18.1. The molecule has 0 saturated carbocycles. The van der Waals surface area contributed by atoms with Crippen LogP contribution >= 0.6 is 0 Å². The van der Waals surface area contributed by atoms with E-state index in [0.29, 0.717) is 0 Å². The van der Waals surface area contributed by atoms with Gasteiger partial charge in [0.2, 0.25) is 0 Å². The summed E-state index contributed by atoms with van der Waals surface area (Å²) in [6.07, 6.45) is 3.60. The van der Waals surface area contributed by atoms with E-state index in [-0.39, 0.29) is 0 Å². The molecule has 7 aromatic rings. The molecule has 1 aliphatic carbocycles. The summed E-state index contributed by atoms with van der Waals surface area (Å²) in [5, 5.41) is 0. The van der Waals surface area contributed by atoms with E-state index in [1.807, 2.05) is 36.4 Å². The third-order valence-corrected chi connectivity index (χ3v) is 11.5. The molecule has 7 heteroatoms. The first kappa shape index (κ1) is 31.8. The second kappa shape index (κ2) is 11.6. The van der Waals surface area contributed by atoms with E-state index in [2.05, 4.69) is 135 Å². The monoisotopic (exact) mass is 689 g/mol. The van der Waals surface area contributed by atoms with E-state index in [1.54, 1.807) is 12.4 Å². The van der Waals surface area contributed by atoms with Crippen molar-refractivity contribution < 1.29 is 14.0 Å². The molecule has 0 unspecified atom stereocenters. The molecular formula is C46H36BN3O3. The molecule has 3 aromatic heterocycles. The molecule has 0 N–H and O–H groups in total. The highest BCUT2D eigenvalue weighted by Crippen LogP contribution is 2.62. The molecule has 0 bridgehead atoms. The van der Waals surface area contributed by atoms with Crippen LogP contribution in [0.3, 0.4) is 0 Å². The fourth-order valence-electron chi connectivity index (χ4n) is 8.21. The summed E-state index contributed by atoms with van der Waals surface area (Å²) in [5.41, 5.74) is 11.5. The minimum atomic E-state index is -0.674. The smallest absolute Gasteiger partial charge is 0.457 e. The Morgan fingerprint density at radius 2 is 1.00 bits per heavy atom. The van der Waals surface area contributed by atoms with Gasteiger partial charge in [0.1, 0.15) is 11.5 Å². The number of hydrogen-bond acceptors (Lipinski definition) is 6. The van der Waals surface area contributed by atoms with Crippen LogP contribution in [0.25, 0.3) is 45.0 Å². The van der Waals surface area contributed by atoms with Crippen molar-refractivity contribution in [2.24, 2.45) is 0 Å². The summed E-state index contributed by atoms with van der Waals surface area (Å²) in [4.78, 5) is 14.4. The van der Waals surface area contributed by atoms with Crippen molar-refractivity contribution in [2.45, 2.75) is 44.3 Å². The Hall–Kier alpha value is -5.89. The lowest BCUT2D eigenvalue weighted by Gasteiger charge is -2.40. The van der Waals surface area contributed by atoms with Gasteiger partial charge < -0.3 is 14.0 Å². The van der Waals surface area contributed by atoms with Crippen molar-refractivity contribution in [1.82, 2.24) is 15.0 Å². The fourth-order valence-corrected chi connectivity index (χ4v) is 8.21. The van der Waals surface area contributed by atoms with Gasteiger partial charge in [-0.2, -0.15) is 0 Å². The average Bonchev–Trinajstić information content (AvgIpc) is 3.61. The zero-order valence-electron chi connectivity index (χ0n) is 30.0. The molecule has 1 spiro atoms. The number of hydrogen-bond donors (Lipinski definition) is 0. The molecule has 4 aromatic carbocycles. The summed E-state index contributed by atoms with van der Waals surface area (Å²) in [6, 6.07) is 46.6. The maximum absolute atomic E-state index is 6.86. The molecule has 53 heavy (non-hydrogen) atoms. The Kier molecular flexibility index (Phi) is 6.94. The summed E-state index contributed by atoms with van der Waals surface area (Å²) >= 11 is 0. The predicted molar refractivity (Wildman–Crippen MR) is 209 cm³/mol. The molecule has 0 radical (unpaired) electrons. The van der Waals surface area contributed by atoms with Gasteiger partial charge in [0.15, 0.2) is 0 Å². The SMILES string of the molecule is CC1(C)OB(c2ccc3c(c2)C2(c4cc(-c5cc(-c6ccccn6)nc(-c6ccccn6)c5)ccc4O3)c3ccccc3-c3ccccc32)OC1(C)C. The van der Waals surface area contributed by atoms with Gasteiger partial charge in [-0.1, -0.05) is 78.9 Å².